The Hall–Kier alpha value is -1.77. The van der Waals surface area contributed by atoms with E-state index in [1.807, 2.05) is 24.4 Å². The highest BCUT2D eigenvalue weighted by Gasteiger charge is 2.16. The van der Waals surface area contributed by atoms with Crippen LogP contribution in [0.25, 0.3) is 10.9 Å². The van der Waals surface area contributed by atoms with E-state index in [1.54, 1.807) is 0 Å². The number of hydrogen-bond acceptors (Lipinski definition) is 3. The first kappa shape index (κ1) is 12.7. The van der Waals surface area contributed by atoms with Gasteiger partial charge in [0.1, 0.15) is 0 Å². The average Bonchev–Trinajstić information content (AvgIpc) is 2.27. The van der Waals surface area contributed by atoms with Gasteiger partial charge in [-0.25, -0.2) is 0 Å². The van der Waals surface area contributed by atoms with Gasteiger partial charge < -0.3 is 10.6 Å². The number of benzene rings is 1. The summed E-state index contributed by atoms with van der Waals surface area (Å²) in [6.07, 6.45) is 1.82. The number of rotatable bonds is 2. The van der Waals surface area contributed by atoms with E-state index in [4.69, 9.17) is 5.73 Å². The standard InChI is InChI=1S/C15H21N3/c1-15(2,3)10-18(4)13-8-7-12(16)11-6-5-9-17-14(11)13/h5-9H,10,16H2,1-4H3. The summed E-state index contributed by atoms with van der Waals surface area (Å²) >= 11 is 0. The van der Waals surface area contributed by atoms with Crippen molar-refractivity contribution < 1.29 is 0 Å². The summed E-state index contributed by atoms with van der Waals surface area (Å²) < 4.78 is 0. The quantitative estimate of drug-likeness (QED) is 0.823. The number of fused-ring (bicyclic) bond motifs is 1. The number of anilines is 2. The highest BCUT2D eigenvalue weighted by molar-refractivity contribution is 5.98. The molecule has 0 bridgehead atoms. The number of nitrogen functional groups attached to an aromatic ring is 1. The molecule has 0 aliphatic rings. The molecule has 18 heavy (non-hydrogen) atoms. The summed E-state index contributed by atoms with van der Waals surface area (Å²) in [5.41, 5.74) is 9.13. The highest BCUT2D eigenvalue weighted by atomic mass is 15.1. The normalized spacial score (nSPS) is 11.8. The number of aromatic nitrogens is 1. The predicted octanol–water partition coefficient (Wildman–Crippen LogP) is 3.30. The van der Waals surface area contributed by atoms with Crippen molar-refractivity contribution in [2.24, 2.45) is 5.41 Å². The number of nitrogens with zero attached hydrogens (tertiary/aromatic N) is 2. The molecule has 0 unspecified atom stereocenters. The fraction of sp³-hybridized carbons (Fsp3) is 0.400. The Morgan fingerprint density at radius 1 is 1.22 bits per heavy atom. The third-order valence-corrected chi connectivity index (χ3v) is 2.90. The Morgan fingerprint density at radius 2 is 1.94 bits per heavy atom. The van der Waals surface area contributed by atoms with E-state index in [0.29, 0.717) is 0 Å². The molecule has 3 nitrogen and oxygen atoms in total. The first-order chi connectivity index (χ1) is 8.38. The molecule has 0 spiro atoms. The zero-order valence-electron chi connectivity index (χ0n) is 11.6. The second-order valence-corrected chi connectivity index (χ2v) is 5.99. The molecule has 0 aliphatic heterocycles. The van der Waals surface area contributed by atoms with Crippen LogP contribution < -0.4 is 10.6 Å². The molecule has 0 aliphatic carbocycles. The van der Waals surface area contributed by atoms with Crippen LogP contribution in [0.2, 0.25) is 0 Å². The lowest BCUT2D eigenvalue weighted by atomic mass is 9.96. The monoisotopic (exact) mass is 243 g/mol. The van der Waals surface area contributed by atoms with E-state index in [1.165, 1.54) is 0 Å². The molecule has 3 heteroatoms. The fourth-order valence-corrected chi connectivity index (χ4v) is 2.28. The third kappa shape index (κ3) is 2.55. The van der Waals surface area contributed by atoms with Crippen molar-refractivity contribution in [3.63, 3.8) is 0 Å². The summed E-state index contributed by atoms with van der Waals surface area (Å²) in [4.78, 5) is 6.72. The maximum Gasteiger partial charge on any atom is 0.0955 e. The molecule has 0 saturated heterocycles. The maximum atomic E-state index is 5.99. The minimum atomic E-state index is 0.247. The molecule has 0 saturated carbocycles. The van der Waals surface area contributed by atoms with Crippen molar-refractivity contribution >= 4 is 22.3 Å². The molecule has 2 rings (SSSR count). The lowest BCUT2D eigenvalue weighted by Crippen LogP contribution is -2.29. The summed E-state index contributed by atoms with van der Waals surface area (Å²) in [7, 11) is 2.10. The Morgan fingerprint density at radius 3 is 2.61 bits per heavy atom. The van der Waals surface area contributed by atoms with Gasteiger partial charge in [-0.05, 0) is 29.7 Å². The van der Waals surface area contributed by atoms with Crippen LogP contribution in [-0.2, 0) is 0 Å². The largest absolute Gasteiger partial charge is 0.398 e. The Labute approximate surface area is 109 Å². The van der Waals surface area contributed by atoms with Crippen molar-refractivity contribution in [3.8, 4) is 0 Å². The van der Waals surface area contributed by atoms with Crippen LogP contribution in [0.1, 0.15) is 20.8 Å². The van der Waals surface area contributed by atoms with Crippen molar-refractivity contribution in [3.05, 3.63) is 30.5 Å². The molecule has 0 atom stereocenters. The summed E-state index contributed by atoms with van der Waals surface area (Å²) in [6, 6.07) is 7.95. The van der Waals surface area contributed by atoms with Gasteiger partial charge in [-0.15, -0.1) is 0 Å². The predicted molar refractivity (Wildman–Crippen MR) is 78.9 cm³/mol. The van der Waals surface area contributed by atoms with Crippen molar-refractivity contribution in [1.82, 2.24) is 4.98 Å². The molecular weight excluding hydrogens is 222 g/mol. The van der Waals surface area contributed by atoms with Gasteiger partial charge in [0.25, 0.3) is 0 Å². The smallest absolute Gasteiger partial charge is 0.0955 e. The molecule has 1 aromatic carbocycles. The minimum Gasteiger partial charge on any atom is -0.398 e. The van der Waals surface area contributed by atoms with Gasteiger partial charge in [0.15, 0.2) is 0 Å². The van der Waals surface area contributed by atoms with Gasteiger partial charge in [0.05, 0.1) is 11.2 Å². The van der Waals surface area contributed by atoms with Crippen LogP contribution in [0.5, 0.6) is 0 Å². The van der Waals surface area contributed by atoms with Crippen molar-refractivity contribution in [1.29, 1.82) is 0 Å². The fourth-order valence-electron chi connectivity index (χ4n) is 2.28. The zero-order chi connectivity index (χ0) is 13.3. The van der Waals surface area contributed by atoms with Crippen LogP contribution in [-0.4, -0.2) is 18.6 Å². The van der Waals surface area contributed by atoms with E-state index in [-0.39, 0.29) is 5.41 Å². The minimum absolute atomic E-state index is 0.247. The second-order valence-electron chi connectivity index (χ2n) is 5.99. The SMILES string of the molecule is CN(CC(C)(C)C)c1ccc(N)c2cccnc12. The number of hydrogen-bond donors (Lipinski definition) is 1. The van der Waals surface area contributed by atoms with Crippen molar-refractivity contribution in [2.75, 3.05) is 24.2 Å². The average molecular weight is 243 g/mol. The van der Waals surface area contributed by atoms with E-state index >= 15 is 0 Å². The first-order valence-electron chi connectivity index (χ1n) is 6.23. The van der Waals surface area contributed by atoms with Crippen LogP contribution in [0.4, 0.5) is 11.4 Å². The van der Waals surface area contributed by atoms with Gasteiger partial charge in [0.2, 0.25) is 0 Å². The molecular formula is C15H21N3. The maximum absolute atomic E-state index is 5.99. The number of nitrogens with two attached hydrogens (primary N) is 1. The topological polar surface area (TPSA) is 42.1 Å². The number of pyridine rings is 1. The van der Waals surface area contributed by atoms with E-state index in [9.17, 15) is 0 Å². The molecule has 96 valence electrons. The molecule has 1 heterocycles. The van der Waals surface area contributed by atoms with Crippen molar-refractivity contribution in [2.45, 2.75) is 20.8 Å². The van der Waals surface area contributed by atoms with Crippen LogP contribution in [0, 0.1) is 5.41 Å². The lowest BCUT2D eigenvalue weighted by Gasteiger charge is -2.29. The highest BCUT2D eigenvalue weighted by Crippen LogP contribution is 2.30. The van der Waals surface area contributed by atoms with E-state index < -0.39 is 0 Å². The molecule has 0 fully saturated rings. The zero-order valence-corrected chi connectivity index (χ0v) is 11.6. The van der Waals surface area contributed by atoms with Gasteiger partial charge in [-0.1, -0.05) is 20.8 Å². The Balaban J connectivity index is 2.49. The van der Waals surface area contributed by atoms with Gasteiger partial charge >= 0.3 is 0 Å². The second kappa shape index (κ2) is 4.48. The summed E-state index contributed by atoms with van der Waals surface area (Å²) in [5, 5.41) is 1.02. The van der Waals surface area contributed by atoms with E-state index in [2.05, 4.69) is 43.8 Å². The van der Waals surface area contributed by atoms with Crippen LogP contribution >= 0.6 is 0 Å². The van der Waals surface area contributed by atoms with Crippen LogP contribution in [0.3, 0.4) is 0 Å². The third-order valence-electron chi connectivity index (χ3n) is 2.90. The Kier molecular flexibility index (Phi) is 3.16. The molecule has 0 radical (unpaired) electrons. The first-order valence-corrected chi connectivity index (χ1v) is 6.23. The molecule has 2 aromatic rings. The summed E-state index contributed by atoms with van der Waals surface area (Å²) in [6.45, 7) is 7.67. The molecule has 0 amide bonds. The van der Waals surface area contributed by atoms with Gasteiger partial charge in [-0.3, -0.25) is 4.98 Å². The van der Waals surface area contributed by atoms with Gasteiger partial charge in [0, 0.05) is 30.9 Å². The lowest BCUT2D eigenvalue weighted by molar-refractivity contribution is 0.419. The molecule has 2 N–H and O–H groups in total. The van der Waals surface area contributed by atoms with Crippen LogP contribution in [0.15, 0.2) is 30.5 Å². The Bertz CT molecular complexity index is 555. The van der Waals surface area contributed by atoms with Gasteiger partial charge in [-0.2, -0.15) is 0 Å². The molecule has 1 aromatic heterocycles. The van der Waals surface area contributed by atoms with E-state index in [0.717, 1.165) is 28.8 Å². The summed E-state index contributed by atoms with van der Waals surface area (Å²) in [5.74, 6) is 0.